The summed E-state index contributed by atoms with van der Waals surface area (Å²) in [6.45, 7) is 0. The molecule has 8 heteroatoms. The number of anilines is 1. The van der Waals surface area contributed by atoms with E-state index in [1.165, 1.54) is 34.9 Å². The molecule has 1 aliphatic carbocycles. The summed E-state index contributed by atoms with van der Waals surface area (Å²) in [6, 6.07) is 5.21. The monoisotopic (exact) mass is 366 g/mol. The first-order valence-electron chi connectivity index (χ1n) is 8.13. The fourth-order valence-electron chi connectivity index (χ4n) is 3.32. The molecule has 0 aromatic heterocycles. The van der Waals surface area contributed by atoms with E-state index in [0.717, 1.165) is 0 Å². The van der Waals surface area contributed by atoms with Gasteiger partial charge in [-0.15, -0.1) is 11.8 Å². The molecule has 2 amide bonds. The number of thioether (sulfide) groups is 1. The molecule has 2 aliphatic rings. The minimum absolute atomic E-state index is 0.0867. The standard InChI is InChI=1S/C17H19FN2O4S/c18-12-3-1-2-4-13(12)19-15(21)14-8-25-9-20(14)16(22)10-5-6-11(7-10)17(23)24/h1-4,10-11,14H,5-9H2,(H,19,21)(H,23,24)/t10-,11+,14?/m0/s1. The van der Waals surface area contributed by atoms with Crippen LogP contribution in [0.2, 0.25) is 0 Å². The van der Waals surface area contributed by atoms with Crippen molar-refractivity contribution in [2.24, 2.45) is 11.8 Å². The number of rotatable bonds is 4. The van der Waals surface area contributed by atoms with E-state index >= 15 is 0 Å². The number of carboxylic acids is 1. The summed E-state index contributed by atoms with van der Waals surface area (Å²) in [5, 5.41) is 11.6. The second-order valence-electron chi connectivity index (χ2n) is 6.34. The molecule has 1 aromatic carbocycles. The Labute approximate surface area is 148 Å². The molecular weight excluding hydrogens is 347 g/mol. The second kappa shape index (κ2) is 7.43. The van der Waals surface area contributed by atoms with Crippen LogP contribution >= 0.6 is 11.8 Å². The Balaban J connectivity index is 1.66. The fourth-order valence-corrected chi connectivity index (χ4v) is 4.48. The molecule has 134 valence electrons. The molecule has 1 saturated heterocycles. The first-order valence-corrected chi connectivity index (χ1v) is 9.29. The molecule has 1 aromatic rings. The van der Waals surface area contributed by atoms with Crippen LogP contribution in [0.15, 0.2) is 24.3 Å². The molecule has 1 heterocycles. The number of para-hydroxylation sites is 1. The Hall–Kier alpha value is -2.09. The number of aliphatic carboxylic acids is 1. The summed E-state index contributed by atoms with van der Waals surface area (Å²) in [5.41, 5.74) is 0.0867. The van der Waals surface area contributed by atoms with Gasteiger partial charge < -0.3 is 15.3 Å². The second-order valence-corrected chi connectivity index (χ2v) is 7.34. The van der Waals surface area contributed by atoms with Gasteiger partial charge in [-0.25, -0.2) is 4.39 Å². The summed E-state index contributed by atoms with van der Waals surface area (Å²) in [5.74, 6) is -2.01. The average molecular weight is 366 g/mol. The van der Waals surface area contributed by atoms with Gasteiger partial charge in [0.15, 0.2) is 0 Å². The summed E-state index contributed by atoms with van der Waals surface area (Å²) >= 11 is 1.46. The zero-order valence-corrected chi connectivity index (χ0v) is 14.3. The lowest BCUT2D eigenvalue weighted by molar-refractivity contribution is -0.142. The number of hydrogen-bond acceptors (Lipinski definition) is 4. The van der Waals surface area contributed by atoms with Crippen molar-refractivity contribution in [3.05, 3.63) is 30.1 Å². The Morgan fingerprint density at radius 1 is 1.20 bits per heavy atom. The molecule has 25 heavy (non-hydrogen) atoms. The van der Waals surface area contributed by atoms with Crippen LogP contribution in [0, 0.1) is 17.7 Å². The number of carbonyl (C=O) groups is 3. The lowest BCUT2D eigenvalue weighted by atomic mass is 10.0. The van der Waals surface area contributed by atoms with Gasteiger partial charge in [-0.2, -0.15) is 0 Å². The van der Waals surface area contributed by atoms with E-state index in [4.69, 9.17) is 5.11 Å². The quantitative estimate of drug-likeness (QED) is 0.853. The molecule has 0 bridgehead atoms. The van der Waals surface area contributed by atoms with Crippen LogP contribution in [0.25, 0.3) is 0 Å². The minimum atomic E-state index is -0.875. The Morgan fingerprint density at radius 3 is 2.60 bits per heavy atom. The highest BCUT2D eigenvalue weighted by molar-refractivity contribution is 7.99. The number of amides is 2. The fraction of sp³-hybridized carbons (Fsp3) is 0.471. The molecular formula is C17H19FN2O4S. The van der Waals surface area contributed by atoms with Gasteiger partial charge in [0.1, 0.15) is 11.9 Å². The number of hydrogen-bond donors (Lipinski definition) is 2. The van der Waals surface area contributed by atoms with Gasteiger partial charge >= 0.3 is 5.97 Å². The Kier molecular flexibility index (Phi) is 5.27. The van der Waals surface area contributed by atoms with Crippen molar-refractivity contribution in [2.45, 2.75) is 25.3 Å². The minimum Gasteiger partial charge on any atom is -0.481 e. The van der Waals surface area contributed by atoms with Crippen LogP contribution in [0.1, 0.15) is 19.3 Å². The van der Waals surface area contributed by atoms with Crippen LogP contribution in [0.4, 0.5) is 10.1 Å². The van der Waals surface area contributed by atoms with E-state index in [2.05, 4.69) is 5.32 Å². The topological polar surface area (TPSA) is 86.7 Å². The normalized spacial score (nSPS) is 25.8. The number of benzene rings is 1. The van der Waals surface area contributed by atoms with Crippen molar-refractivity contribution in [1.29, 1.82) is 0 Å². The zero-order chi connectivity index (χ0) is 18.0. The van der Waals surface area contributed by atoms with Gasteiger partial charge in [0.25, 0.3) is 0 Å². The van der Waals surface area contributed by atoms with E-state index in [1.54, 1.807) is 6.07 Å². The number of carboxylic acid groups (broad SMARTS) is 1. The number of halogens is 1. The number of nitrogens with zero attached hydrogens (tertiary/aromatic N) is 1. The maximum atomic E-state index is 13.7. The highest BCUT2D eigenvalue weighted by Crippen LogP contribution is 2.35. The first-order chi connectivity index (χ1) is 12.0. The highest BCUT2D eigenvalue weighted by Gasteiger charge is 2.41. The molecule has 3 rings (SSSR count). The third-order valence-electron chi connectivity index (χ3n) is 4.73. The average Bonchev–Trinajstić information content (AvgIpc) is 3.26. The molecule has 2 fully saturated rings. The van der Waals surface area contributed by atoms with E-state index in [0.29, 0.717) is 30.9 Å². The maximum absolute atomic E-state index is 13.7. The van der Waals surface area contributed by atoms with Crippen LogP contribution in [-0.4, -0.2) is 45.5 Å². The van der Waals surface area contributed by atoms with E-state index in [1.807, 2.05) is 0 Å². The van der Waals surface area contributed by atoms with Crippen molar-refractivity contribution < 1.29 is 23.9 Å². The molecule has 1 aliphatic heterocycles. The lowest BCUT2D eigenvalue weighted by Crippen LogP contribution is -2.46. The SMILES string of the molecule is O=C(Nc1ccccc1F)C1CSCN1C(=O)[C@H]1CC[C@@H](C(=O)O)C1. The number of nitrogens with one attached hydrogen (secondary N) is 1. The van der Waals surface area contributed by atoms with Gasteiger partial charge in [0.05, 0.1) is 17.5 Å². The van der Waals surface area contributed by atoms with Gasteiger partial charge in [0.2, 0.25) is 11.8 Å². The largest absolute Gasteiger partial charge is 0.481 e. The summed E-state index contributed by atoms with van der Waals surface area (Å²) in [7, 11) is 0. The summed E-state index contributed by atoms with van der Waals surface area (Å²) in [6.07, 6.45) is 1.33. The van der Waals surface area contributed by atoms with Crippen molar-refractivity contribution >= 4 is 35.2 Å². The van der Waals surface area contributed by atoms with Crippen molar-refractivity contribution in [1.82, 2.24) is 4.90 Å². The van der Waals surface area contributed by atoms with Gasteiger partial charge in [-0.05, 0) is 31.4 Å². The van der Waals surface area contributed by atoms with Crippen LogP contribution in [0.5, 0.6) is 0 Å². The van der Waals surface area contributed by atoms with Crippen molar-refractivity contribution in [2.75, 3.05) is 16.9 Å². The van der Waals surface area contributed by atoms with E-state index in [-0.39, 0.29) is 17.5 Å². The lowest BCUT2D eigenvalue weighted by Gasteiger charge is -2.26. The van der Waals surface area contributed by atoms with Crippen LogP contribution < -0.4 is 5.32 Å². The predicted molar refractivity (Wildman–Crippen MR) is 91.5 cm³/mol. The molecule has 6 nitrogen and oxygen atoms in total. The zero-order valence-electron chi connectivity index (χ0n) is 13.5. The number of carbonyl (C=O) groups excluding carboxylic acids is 2. The van der Waals surface area contributed by atoms with Crippen molar-refractivity contribution in [3.8, 4) is 0 Å². The van der Waals surface area contributed by atoms with Gasteiger partial charge in [0, 0.05) is 11.7 Å². The molecule has 0 spiro atoms. The van der Waals surface area contributed by atoms with E-state index in [9.17, 15) is 18.8 Å². The molecule has 1 unspecified atom stereocenters. The maximum Gasteiger partial charge on any atom is 0.306 e. The summed E-state index contributed by atoms with van der Waals surface area (Å²) < 4.78 is 13.7. The van der Waals surface area contributed by atoms with Crippen LogP contribution in [0.3, 0.4) is 0 Å². The molecule has 2 N–H and O–H groups in total. The van der Waals surface area contributed by atoms with Crippen LogP contribution in [-0.2, 0) is 14.4 Å². The molecule has 3 atom stereocenters. The Bertz CT molecular complexity index is 699. The smallest absolute Gasteiger partial charge is 0.306 e. The predicted octanol–water partition coefficient (Wildman–Crippen LogP) is 2.17. The highest BCUT2D eigenvalue weighted by atomic mass is 32.2. The van der Waals surface area contributed by atoms with Gasteiger partial charge in [-0.3, -0.25) is 14.4 Å². The third kappa shape index (κ3) is 3.78. The molecule has 1 saturated carbocycles. The third-order valence-corrected chi connectivity index (χ3v) is 5.74. The Morgan fingerprint density at radius 2 is 1.92 bits per heavy atom. The first kappa shape index (κ1) is 17.7. The van der Waals surface area contributed by atoms with E-state index < -0.39 is 29.7 Å². The van der Waals surface area contributed by atoms with Gasteiger partial charge in [-0.1, -0.05) is 12.1 Å². The van der Waals surface area contributed by atoms with Crippen molar-refractivity contribution in [3.63, 3.8) is 0 Å². The molecule has 0 radical (unpaired) electrons. The summed E-state index contributed by atoms with van der Waals surface area (Å²) in [4.78, 5) is 37.8.